The maximum absolute atomic E-state index is 12.2. The van der Waals surface area contributed by atoms with E-state index in [1.807, 2.05) is 18.3 Å². The molecule has 5 heteroatoms. The number of nitrogens with zero attached hydrogens (tertiary/aromatic N) is 3. The largest absolute Gasteiger partial charge is 0.378 e. The first-order valence-electron chi connectivity index (χ1n) is 9.14. The first-order chi connectivity index (χ1) is 11.7. The smallest absolute Gasteiger partial charge is 0.219 e. The Hall–Kier alpha value is -1.46. The van der Waals surface area contributed by atoms with E-state index in [0.29, 0.717) is 17.5 Å². The van der Waals surface area contributed by atoms with Crippen LogP contribution in [0.25, 0.3) is 0 Å². The molecule has 4 heterocycles. The van der Waals surface area contributed by atoms with Crippen molar-refractivity contribution in [2.75, 3.05) is 32.8 Å². The average Bonchev–Trinajstić information content (AvgIpc) is 2.88. The molecule has 24 heavy (non-hydrogen) atoms. The van der Waals surface area contributed by atoms with Crippen molar-refractivity contribution in [1.29, 1.82) is 0 Å². The van der Waals surface area contributed by atoms with Crippen LogP contribution in [0.1, 0.15) is 31.9 Å². The molecule has 4 rings (SSSR count). The van der Waals surface area contributed by atoms with Gasteiger partial charge in [-0.15, -0.1) is 0 Å². The van der Waals surface area contributed by atoms with E-state index in [1.54, 1.807) is 6.92 Å². The fraction of sp³-hybridized carbons (Fsp3) is 0.684. The van der Waals surface area contributed by atoms with E-state index < -0.39 is 0 Å². The number of carbonyl (C=O) groups excluding carboxylic acids is 1. The van der Waals surface area contributed by atoms with Gasteiger partial charge in [0, 0.05) is 37.8 Å². The van der Waals surface area contributed by atoms with Gasteiger partial charge in [-0.2, -0.15) is 0 Å². The summed E-state index contributed by atoms with van der Waals surface area (Å²) in [6.45, 7) is 6.73. The highest BCUT2D eigenvalue weighted by Crippen LogP contribution is 2.44. The van der Waals surface area contributed by atoms with Crippen molar-refractivity contribution >= 4 is 5.91 Å². The lowest BCUT2D eigenvalue weighted by Gasteiger charge is -2.45. The van der Waals surface area contributed by atoms with Crippen LogP contribution in [0.3, 0.4) is 0 Å². The first-order valence-corrected chi connectivity index (χ1v) is 9.14. The van der Waals surface area contributed by atoms with Crippen LogP contribution >= 0.6 is 0 Å². The number of piperidine rings is 1. The van der Waals surface area contributed by atoms with Crippen molar-refractivity contribution in [3.05, 3.63) is 30.1 Å². The number of hydrogen-bond acceptors (Lipinski definition) is 4. The van der Waals surface area contributed by atoms with Crippen LogP contribution in [0, 0.1) is 5.41 Å². The second-order valence-corrected chi connectivity index (χ2v) is 7.76. The molecule has 1 aromatic rings. The normalized spacial score (nSPS) is 27.4. The van der Waals surface area contributed by atoms with E-state index in [1.165, 1.54) is 12.8 Å². The molecule has 1 unspecified atom stereocenters. The van der Waals surface area contributed by atoms with E-state index in [4.69, 9.17) is 4.74 Å². The number of ether oxygens (including phenoxy) is 1. The van der Waals surface area contributed by atoms with Gasteiger partial charge in [0.2, 0.25) is 5.91 Å². The maximum Gasteiger partial charge on any atom is 0.219 e. The highest BCUT2D eigenvalue weighted by atomic mass is 16.5. The Labute approximate surface area is 144 Å². The number of rotatable bonds is 3. The van der Waals surface area contributed by atoms with Gasteiger partial charge in [0.1, 0.15) is 0 Å². The molecular formula is C19H27N3O2. The van der Waals surface area contributed by atoms with Gasteiger partial charge in [0.05, 0.1) is 19.3 Å². The number of aromatic nitrogens is 1. The molecule has 3 aliphatic heterocycles. The van der Waals surface area contributed by atoms with Crippen LogP contribution < -0.4 is 0 Å². The fourth-order valence-corrected chi connectivity index (χ4v) is 4.64. The van der Waals surface area contributed by atoms with Crippen LogP contribution in [-0.4, -0.2) is 65.6 Å². The van der Waals surface area contributed by atoms with E-state index in [9.17, 15) is 4.79 Å². The Morgan fingerprint density at radius 2 is 2.12 bits per heavy atom. The number of amides is 1. The summed E-state index contributed by atoms with van der Waals surface area (Å²) in [6.07, 6.45) is 6.25. The van der Waals surface area contributed by atoms with Gasteiger partial charge in [0.15, 0.2) is 0 Å². The fourth-order valence-electron chi connectivity index (χ4n) is 4.64. The lowest BCUT2D eigenvalue weighted by molar-refractivity contribution is -0.130. The van der Waals surface area contributed by atoms with Gasteiger partial charge in [-0.1, -0.05) is 6.07 Å². The van der Waals surface area contributed by atoms with Gasteiger partial charge in [0.25, 0.3) is 0 Å². The molecule has 3 saturated heterocycles. The minimum atomic E-state index is 0.211. The standard InChI is InChI=1S/C19H27N3O2/c1-15(23)22-14-19(5-8-21(9-6-19)18-12-24-13-18)11-17(22)10-16-4-2-3-7-20-16/h2-4,7,17-18H,5-6,8-14H2,1H3. The van der Waals surface area contributed by atoms with Crippen LogP contribution in [-0.2, 0) is 16.0 Å². The Balaban J connectivity index is 1.43. The Morgan fingerprint density at radius 1 is 1.33 bits per heavy atom. The molecule has 1 amide bonds. The van der Waals surface area contributed by atoms with Crippen molar-refractivity contribution < 1.29 is 9.53 Å². The maximum atomic E-state index is 12.2. The highest BCUT2D eigenvalue weighted by Gasteiger charge is 2.47. The monoisotopic (exact) mass is 329 g/mol. The molecule has 1 spiro atoms. The minimum Gasteiger partial charge on any atom is -0.378 e. The quantitative estimate of drug-likeness (QED) is 0.847. The van der Waals surface area contributed by atoms with Crippen molar-refractivity contribution in [3.63, 3.8) is 0 Å². The van der Waals surface area contributed by atoms with Crippen LogP contribution in [0.5, 0.6) is 0 Å². The second-order valence-electron chi connectivity index (χ2n) is 7.76. The number of pyridine rings is 1. The summed E-state index contributed by atoms with van der Waals surface area (Å²) in [4.78, 5) is 21.3. The predicted molar refractivity (Wildman–Crippen MR) is 91.6 cm³/mol. The van der Waals surface area contributed by atoms with E-state index in [0.717, 1.165) is 51.4 Å². The predicted octanol–water partition coefficient (Wildman–Crippen LogP) is 1.73. The lowest BCUT2D eigenvalue weighted by atomic mass is 9.76. The van der Waals surface area contributed by atoms with Gasteiger partial charge in [-0.25, -0.2) is 0 Å². The summed E-state index contributed by atoms with van der Waals surface area (Å²) < 4.78 is 5.34. The molecule has 0 aliphatic carbocycles. The Kier molecular flexibility index (Phi) is 4.31. The summed E-state index contributed by atoms with van der Waals surface area (Å²) in [5, 5.41) is 0. The Bertz CT molecular complexity index is 580. The van der Waals surface area contributed by atoms with Crippen LogP contribution in [0.15, 0.2) is 24.4 Å². The van der Waals surface area contributed by atoms with Crippen molar-refractivity contribution in [3.8, 4) is 0 Å². The molecule has 1 atom stereocenters. The molecule has 3 aliphatic rings. The van der Waals surface area contributed by atoms with Crippen molar-refractivity contribution in [1.82, 2.24) is 14.8 Å². The van der Waals surface area contributed by atoms with Gasteiger partial charge in [-0.05, 0) is 49.9 Å². The number of likely N-dealkylation sites (tertiary alicyclic amines) is 2. The zero-order valence-electron chi connectivity index (χ0n) is 14.5. The zero-order chi connectivity index (χ0) is 16.6. The summed E-state index contributed by atoms with van der Waals surface area (Å²) in [6, 6.07) is 6.99. The SMILES string of the molecule is CC(=O)N1CC2(CCN(C3COC3)CC2)CC1Cc1ccccn1. The Morgan fingerprint density at radius 3 is 2.71 bits per heavy atom. The number of hydrogen-bond donors (Lipinski definition) is 0. The third-order valence-electron chi connectivity index (χ3n) is 6.19. The third-order valence-corrected chi connectivity index (χ3v) is 6.19. The molecule has 0 N–H and O–H groups in total. The van der Waals surface area contributed by atoms with Crippen LogP contribution in [0.4, 0.5) is 0 Å². The summed E-state index contributed by atoms with van der Waals surface area (Å²) in [5.74, 6) is 0.211. The van der Waals surface area contributed by atoms with Gasteiger partial charge >= 0.3 is 0 Å². The van der Waals surface area contributed by atoms with Crippen LogP contribution in [0.2, 0.25) is 0 Å². The molecule has 0 aromatic carbocycles. The average molecular weight is 329 g/mol. The molecule has 0 radical (unpaired) electrons. The zero-order valence-corrected chi connectivity index (χ0v) is 14.5. The lowest BCUT2D eigenvalue weighted by Crippen LogP contribution is -2.53. The van der Waals surface area contributed by atoms with Gasteiger partial charge < -0.3 is 9.64 Å². The molecular weight excluding hydrogens is 302 g/mol. The second kappa shape index (κ2) is 6.45. The summed E-state index contributed by atoms with van der Waals surface area (Å²) >= 11 is 0. The van der Waals surface area contributed by atoms with E-state index >= 15 is 0 Å². The molecule has 3 fully saturated rings. The molecule has 130 valence electrons. The van der Waals surface area contributed by atoms with E-state index in [-0.39, 0.29) is 5.91 Å². The third kappa shape index (κ3) is 3.07. The molecule has 5 nitrogen and oxygen atoms in total. The summed E-state index contributed by atoms with van der Waals surface area (Å²) in [7, 11) is 0. The van der Waals surface area contributed by atoms with Crippen molar-refractivity contribution in [2.24, 2.45) is 5.41 Å². The first kappa shape index (κ1) is 16.0. The molecule has 0 saturated carbocycles. The molecule has 0 bridgehead atoms. The number of carbonyl (C=O) groups is 1. The van der Waals surface area contributed by atoms with E-state index in [2.05, 4.69) is 20.9 Å². The van der Waals surface area contributed by atoms with Crippen molar-refractivity contribution in [2.45, 2.75) is 44.7 Å². The molecule has 1 aromatic heterocycles. The highest BCUT2D eigenvalue weighted by molar-refractivity contribution is 5.74. The van der Waals surface area contributed by atoms with Gasteiger partial charge in [-0.3, -0.25) is 14.7 Å². The summed E-state index contributed by atoms with van der Waals surface area (Å²) in [5.41, 5.74) is 1.40. The topological polar surface area (TPSA) is 45.7 Å². The minimum absolute atomic E-state index is 0.211.